The van der Waals surface area contributed by atoms with Crippen molar-refractivity contribution in [3.05, 3.63) is 136 Å². The number of aliphatic hydroxyl groups is 1. The summed E-state index contributed by atoms with van der Waals surface area (Å²) in [5, 5.41) is 11.2. The fraction of sp³-hybridized carbons (Fsp3) is 0.273. The van der Waals surface area contributed by atoms with Crippen LogP contribution in [0.5, 0.6) is 0 Å². The van der Waals surface area contributed by atoms with E-state index in [0.29, 0.717) is 0 Å². The van der Waals surface area contributed by atoms with Gasteiger partial charge in [0.25, 0.3) is 0 Å². The Morgan fingerprint density at radius 3 is 1.52 bits per heavy atom. The summed E-state index contributed by atoms with van der Waals surface area (Å²) in [4.78, 5) is 0.148. The quantitative estimate of drug-likeness (QED) is 0.210. The molecule has 0 saturated carbocycles. The first-order valence-corrected chi connectivity index (χ1v) is 16.1. The van der Waals surface area contributed by atoms with E-state index in [-0.39, 0.29) is 24.7 Å². The largest absolute Gasteiger partial charge is 0.368 e. The zero-order valence-corrected chi connectivity index (χ0v) is 25.3. The summed E-state index contributed by atoms with van der Waals surface area (Å²) in [7, 11) is -3.81. The van der Waals surface area contributed by atoms with Gasteiger partial charge in [0, 0.05) is 4.47 Å². The van der Waals surface area contributed by atoms with Gasteiger partial charge in [0.2, 0.25) is 0 Å². The Hall–Kier alpha value is -2.89. The van der Waals surface area contributed by atoms with Crippen molar-refractivity contribution < 1.29 is 32.5 Å². The van der Waals surface area contributed by atoms with Gasteiger partial charge in [-0.15, -0.1) is 0 Å². The van der Waals surface area contributed by atoms with E-state index in [1.807, 2.05) is 91.0 Å². The summed E-state index contributed by atoms with van der Waals surface area (Å²) >= 11 is 3.35. The molecule has 1 N–H and O–H groups in total. The number of hydrogen-bond donors (Lipinski definition) is 1. The lowest BCUT2D eigenvalue weighted by molar-refractivity contribution is -0.307. The van der Waals surface area contributed by atoms with E-state index >= 15 is 0 Å². The molecule has 5 atom stereocenters. The van der Waals surface area contributed by atoms with E-state index in [1.165, 1.54) is 12.1 Å². The highest BCUT2D eigenvalue weighted by Crippen LogP contribution is 2.31. The maximum absolute atomic E-state index is 13.5. The van der Waals surface area contributed by atoms with Gasteiger partial charge in [0.1, 0.15) is 24.4 Å². The first-order chi connectivity index (χ1) is 20.4. The Kier molecular flexibility index (Phi) is 10.6. The molecule has 1 heterocycles. The highest BCUT2D eigenvalue weighted by molar-refractivity contribution is 9.10. The van der Waals surface area contributed by atoms with E-state index in [0.717, 1.165) is 21.2 Å². The Morgan fingerprint density at radius 2 is 1.05 bits per heavy atom. The van der Waals surface area contributed by atoms with Crippen LogP contribution in [0.15, 0.2) is 125 Å². The predicted octanol–water partition coefficient (Wildman–Crippen LogP) is 5.70. The highest BCUT2D eigenvalue weighted by Gasteiger charge is 2.49. The molecule has 9 heteroatoms. The molecule has 0 bridgehead atoms. The van der Waals surface area contributed by atoms with Crippen molar-refractivity contribution in [3.8, 4) is 0 Å². The van der Waals surface area contributed by atoms with Gasteiger partial charge in [-0.05, 0) is 41.0 Å². The number of sulfone groups is 1. The molecule has 4 aromatic rings. The Morgan fingerprint density at radius 1 is 0.619 bits per heavy atom. The highest BCUT2D eigenvalue weighted by atomic mass is 79.9. The standard InChI is InChI=1S/C33H33BrO7S/c34-27-16-18-28(19-17-27)42(36,37)23-29-30(38-20-24-10-4-1-5-11-24)31(39-21-25-12-6-2-7-13-25)32(33(35)41-29)40-22-26-14-8-3-9-15-26/h1-19,29-33,35H,20-23H2/t29?,30-,31+,32?,33-/m0/s1. The van der Waals surface area contributed by atoms with Crippen LogP contribution in [0.1, 0.15) is 16.7 Å². The average molecular weight is 654 g/mol. The lowest BCUT2D eigenvalue weighted by atomic mass is 9.98. The molecule has 42 heavy (non-hydrogen) atoms. The van der Waals surface area contributed by atoms with Crippen LogP contribution in [0.4, 0.5) is 0 Å². The maximum Gasteiger partial charge on any atom is 0.184 e. The van der Waals surface area contributed by atoms with Crippen molar-refractivity contribution in [2.24, 2.45) is 0 Å². The summed E-state index contributed by atoms with van der Waals surface area (Å²) in [6.45, 7) is 0.599. The van der Waals surface area contributed by atoms with Crippen molar-refractivity contribution in [1.82, 2.24) is 0 Å². The van der Waals surface area contributed by atoms with E-state index < -0.39 is 46.3 Å². The van der Waals surface area contributed by atoms with Gasteiger partial charge in [-0.1, -0.05) is 107 Å². The van der Waals surface area contributed by atoms with Crippen LogP contribution in [0.25, 0.3) is 0 Å². The minimum absolute atomic E-state index is 0.148. The molecule has 0 radical (unpaired) electrons. The summed E-state index contributed by atoms with van der Waals surface area (Å²) in [6, 6.07) is 35.2. The summed E-state index contributed by atoms with van der Waals surface area (Å²) in [6.07, 6.45) is -5.14. The van der Waals surface area contributed by atoms with Gasteiger partial charge >= 0.3 is 0 Å². The SMILES string of the molecule is O=S(=O)(CC1O[C@H](O)C(OCc2ccccc2)[C@H](OCc2ccccc2)[C@H]1OCc1ccccc1)c1ccc(Br)cc1. The maximum atomic E-state index is 13.5. The van der Waals surface area contributed by atoms with Gasteiger partial charge < -0.3 is 24.1 Å². The molecule has 4 aromatic carbocycles. The van der Waals surface area contributed by atoms with E-state index in [2.05, 4.69) is 15.9 Å². The zero-order valence-electron chi connectivity index (χ0n) is 22.9. The molecule has 7 nitrogen and oxygen atoms in total. The van der Waals surface area contributed by atoms with Crippen LogP contribution in [-0.4, -0.2) is 50.0 Å². The average Bonchev–Trinajstić information content (AvgIpc) is 3.00. The van der Waals surface area contributed by atoms with Crippen LogP contribution in [0, 0.1) is 0 Å². The second-order valence-corrected chi connectivity index (χ2v) is 13.0. The molecule has 1 saturated heterocycles. The molecule has 1 aliphatic rings. The second kappa shape index (κ2) is 14.5. The molecule has 0 amide bonds. The fourth-order valence-electron chi connectivity index (χ4n) is 4.85. The number of rotatable bonds is 12. The molecule has 5 rings (SSSR count). The van der Waals surface area contributed by atoms with Crippen LogP contribution in [-0.2, 0) is 48.6 Å². The summed E-state index contributed by atoms with van der Waals surface area (Å²) < 4.78 is 52.8. The third kappa shape index (κ3) is 8.14. The van der Waals surface area contributed by atoms with Gasteiger partial charge in [-0.2, -0.15) is 0 Å². The van der Waals surface area contributed by atoms with Crippen molar-refractivity contribution in [3.63, 3.8) is 0 Å². The molecular formula is C33H33BrO7S. The van der Waals surface area contributed by atoms with E-state index in [9.17, 15) is 13.5 Å². The number of halogens is 1. The van der Waals surface area contributed by atoms with Crippen LogP contribution in [0.2, 0.25) is 0 Å². The van der Waals surface area contributed by atoms with Crippen LogP contribution >= 0.6 is 15.9 Å². The Balaban J connectivity index is 1.45. The van der Waals surface area contributed by atoms with E-state index in [4.69, 9.17) is 18.9 Å². The Bertz CT molecular complexity index is 1490. The molecule has 2 unspecified atom stereocenters. The third-order valence-electron chi connectivity index (χ3n) is 7.02. The van der Waals surface area contributed by atoms with Gasteiger partial charge in [0.15, 0.2) is 16.1 Å². The monoisotopic (exact) mass is 652 g/mol. The fourth-order valence-corrected chi connectivity index (χ4v) is 6.56. The molecule has 0 aromatic heterocycles. The van der Waals surface area contributed by atoms with Crippen molar-refractivity contribution >= 4 is 25.8 Å². The van der Waals surface area contributed by atoms with Crippen molar-refractivity contribution in [2.45, 2.75) is 55.4 Å². The number of hydrogen-bond acceptors (Lipinski definition) is 7. The van der Waals surface area contributed by atoms with Crippen molar-refractivity contribution in [2.75, 3.05) is 5.75 Å². The van der Waals surface area contributed by atoms with Gasteiger partial charge in [0.05, 0.1) is 30.5 Å². The lowest BCUT2D eigenvalue weighted by Gasteiger charge is -2.44. The van der Waals surface area contributed by atoms with Gasteiger partial charge in [-0.25, -0.2) is 8.42 Å². The third-order valence-corrected chi connectivity index (χ3v) is 9.31. The lowest BCUT2D eigenvalue weighted by Crippen LogP contribution is -2.61. The molecular weight excluding hydrogens is 620 g/mol. The number of aliphatic hydroxyl groups excluding tert-OH is 1. The number of benzene rings is 4. The van der Waals surface area contributed by atoms with Gasteiger partial charge in [-0.3, -0.25) is 0 Å². The number of ether oxygens (including phenoxy) is 4. The normalized spacial score (nSPS) is 22.6. The minimum Gasteiger partial charge on any atom is -0.368 e. The summed E-state index contributed by atoms with van der Waals surface area (Å²) in [5.41, 5.74) is 2.73. The van der Waals surface area contributed by atoms with E-state index in [1.54, 1.807) is 12.1 Å². The van der Waals surface area contributed by atoms with Crippen LogP contribution in [0.3, 0.4) is 0 Å². The Labute approximate surface area is 255 Å². The minimum atomic E-state index is -3.81. The first-order valence-electron chi connectivity index (χ1n) is 13.7. The molecule has 0 aliphatic carbocycles. The zero-order chi connectivity index (χ0) is 29.4. The second-order valence-electron chi connectivity index (χ2n) is 10.1. The summed E-state index contributed by atoms with van der Waals surface area (Å²) in [5.74, 6) is -0.415. The van der Waals surface area contributed by atoms with Crippen molar-refractivity contribution in [1.29, 1.82) is 0 Å². The van der Waals surface area contributed by atoms with Crippen LogP contribution < -0.4 is 0 Å². The topological polar surface area (TPSA) is 91.3 Å². The smallest absolute Gasteiger partial charge is 0.184 e. The molecule has 1 aliphatic heterocycles. The molecule has 0 spiro atoms. The molecule has 220 valence electrons. The first kappa shape index (κ1) is 30.6. The predicted molar refractivity (Wildman–Crippen MR) is 162 cm³/mol. The molecule has 1 fully saturated rings.